The van der Waals surface area contributed by atoms with Crippen molar-refractivity contribution in [3.63, 3.8) is 0 Å². The lowest BCUT2D eigenvalue weighted by Crippen LogP contribution is -2.41. The summed E-state index contributed by atoms with van der Waals surface area (Å²) >= 11 is 0. The summed E-state index contributed by atoms with van der Waals surface area (Å²) in [6, 6.07) is 0. The molecule has 1 rings (SSSR count). The van der Waals surface area contributed by atoms with Gasteiger partial charge in [0.25, 0.3) is 0 Å². The van der Waals surface area contributed by atoms with Gasteiger partial charge < -0.3 is 15.4 Å². The topological polar surface area (TPSA) is 102 Å². The lowest BCUT2D eigenvalue weighted by Gasteiger charge is -2.22. The highest BCUT2D eigenvalue weighted by Crippen LogP contribution is 2.28. The molecule has 126 valence electrons. The molecule has 0 aromatic rings. The monoisotopic (exact) mass is 343 g/mol. The van der Waals surface area contributed by atoms with Crippen LogP contribution in [0.3, 0.4) is 0 Å². The Morgan fingerprint density at radius 1 is 1.48 bits per heavy atom. The third-order valence-corrected chi connectivity index (χ3v) is 4.84. The van der Waals surface area contributed by atoms with E-state index in [0.29, 0.717) is 26.2 Å². The van der Waals surface area contributed by atoms with Crippen molar-refractivity contribution < 1.29 is 17.9 Å². The SMILES string of the molecule is CCOCCS(=O)(=O)NCC(=O)N1CCC(C)(CN)C1.Cl. The first-order chi connectivity index (χ1) is 9.32. The van der Waals surface area contributed by atoms with Crippen LogP contribution in [0.1, 0.15) is 20.3 Å². The van der Waals surface area contributed by atoms with E-state index in [0.717, 1.165) is 6.42 Å². The Morgan fingerprint density at radius 2 is 2.14 bits per heavy atom. The number of nitrogens with two attached hydrogens (primary N) is 1. The van der Waals surface area contributed by atoms with Gasteiger partial charge in [-0.15, -0.1) is 12.4 Å². The number of likely N-dealkylation sites (tertiary alicyclic amines) is 1. The average molecular weight is 344 g/mol. The van der Waals surface area contributed by atoms with E-state index in [1.54, 1.807) is 11.8 Å². The fraction of sp³-hybridized carbons (Fsp3) is 0.917. The van der Waals surface area contributed by atoms with Gasteiger partial charge in [0, 0.05) is 19.7 Å². The summed E-state index contributed by atoms with van der Waals surface area (Å²) in [6.45, 7) is 5.98. The van der Waals surface area contributed by atoms with Crippen molar-refractivity contribution in [2.75, 3.05) is 45.1 Å². The molecule has 1 fully saturated rings. The second-order valence-electron chi connectivity index (χ2n) is 5.42. The molecule has 3 N–H and O–H groups in total. The van der Waals surface area contributed by atoms with Crippen molar-refractivity contribution in [2.24, 2.45) is 11.1 Å². The van der Waals surface area contributed by atoms with Gasteiger partial charge >= 0.3 is 0 Å². The van der Waals surface area contributed by atoms with Gasteiger partial charge in [0.05, 0.1) is 18.9 Å². The fourth-order valence-corrected chi connectivity index (χ4v) is 2.90. The maximum Gasteiger partial charge on any atom is 0.237 e. The van der Waals surface area contributed by atoms with Crippen LogP contribution in [0.25, 0.3) is 0 Å². The molecule has 1 heterocycles. The molecule has 7 nitrogen and oxygen atoms in total. The third kappa shape index (κ3) is 6.92. The zero-order valence-electron chi connectivity index (χ0n) is 12.6. The van der Waals surface area contributed by atoms with Crippen LogP contribution in [0.5, 0.6) is 0 Å². The molecule has 0 aromatic carbocycles. The van der Waals surface area contributed by atoms with Gasteiger partial charge in [-0.3, -0.25) is 4.79 Å². The number of hydrogen-bond donors (Lipinski definition) is 2. The van der Waals surface area contributed by atoms with Gasteiger partial charge in [0.15, 0.2) is 0 Å². The maximum absolute atomic E-state index is 12.0. The van der Waals surface area contributed by atoms with Crippen molar-refractivity contribution in [3.8, 4) is 0 Å². The van der Waals surface area contributed by atoms with Crippen molar-refractivity contribution in [3.05, 3.63) is 0 Å². The predicted octanol–water partition coefficient (Wildman–Crippen LogP) is -0.439. The highest BCUT2D eigenvalue weighted by atomic mass is 35.5. The van der Waals surface area contributed by atoms with E-state index >= 15 is 0 Å². The Kier molecular flexibility index (Phi) is 8.72. The van der Waals surface area contributed by atoms with Crippen molar-refractivity contribution >= 4 is 28.3 Å². The Morgan fingerprint density at radius 3 is 2.67 bits per heavy atom. The van der Waals surface area contributed by atoms with Crippen molar-refractivity contribution in [1.82, 2.24) is 9.62 Å². The molecule has 1 amide bonds. The largest absolute Gasteiger partial charge is 0.381 e. The van der Waals surface area contributed by atoms with Crippen molar-refractivity contribution in [2.45, 2.75) is 20.3 Å². The van der Waals surface area contributed by atoms with E-state index in [9.17, 15) is 13.2 Å². The summed E-state index contributed by atoms with van der Waals surface area (Å²) in [5, 5.41) is 0. The van der Waals surface area contributed by atoms with Gasteiger partial charge in [-0.1, -0.05) is 6.92 Å². The minimum atomic E-state index is -3.46. The van der Waals surface area contributed by atoms with Crippen LogP contribution in [-0.2, 0) is 19.6 Å². The summed E-state index contributed by atoms with van der Waals surface area (Å²) in [5.74, 6) is -0.337. The standard InChI is InChI=1S/C12H25N3O4S.ClH/c1-3-19-6-7-20(17,18)14-8-11(16)15-5-4-12(2,9-13)10-15;/h14H,3-10,13H2,1-2H3;1H. The number of nitrogens with one attached hydrogen (secondary N) is 1. The molecular formula is C12H26ClN3O4S. The van der Waals surface area contributed by atoms with E-state index in [4.69, 9.17) is 10.5 Å². The second-order valence-corrected chi connectivity index (χ2v) is 7.34. The number of halogens is 1. The minimum absolute atomic E-state index is 0. The summed E-state index contributed by atoms with van der Waals surface area (Å²) in [7, 11) is -3.46. The maximum atomic E-state index is 12.0. The second kappa shape index (κ2) is 8.89. The number of carbonyl (C=O) groups excluding carboxylic acids is 1. The molecule has 1 unspecified atom stereocenters. The summed E-state index contributed by atoms with van der Waals surface area (Å²) in [5.41, 5.74) is 5.63. The van der Waals surface area contributed by atoms with E-state index < -0.39 is 10.0 Å². The van der Waals surface area contributed by atoms with Gasteiger partial charge in [0.2, 0.25) is 15.9 Å². The van der Waals surface area contributed by atoms with E-state index in [1.807, 2.05) is 6.92 Å². The lowest BCUT2D eigenvalue weighted by molar-refractivity contribution is -0.129. The summed E-state index contributed by atoms with van der Waals surface area (Å²) in [4.78, 5) is 13.6. The quantitative estimate of drug-likeness (QED) is 0.582. The molecule has 0 saturated carbocycles. The zero-order valence-corrected chi connectivity index (χ0v) is 14.3. The molecule has 1 saturated heterocycles. The molecule has 21 heavy (non-hydrogen) atoms. The summed E-state index contributed by atoms with van der Waals surface area (Å²) < 4.78 is 30.6. The smallest absolute Gasteiger partial charge is 0.237 e. The molecule has 0 radical (unpaired) electrons. The minimum Gasteiger partial charge on any atom is -0.381 e. The number of carbonyl (C=O) groups is 1. The van der Waals surface area contributed by atoms with E-state index in [1.165, 1.54) is 0 Å². The molecule has 0 aliphatic carbocycles. The Balaban J connectivity index is 0.00000400. The molecule has 0 bridgehead atoms. The highest BCUT2D eigenvalue weighted by Gasteiger charge is 2.34. The van der Waals surface area contributed by atoms with Gasteiger partial charge in [-0.25, -0.2) is 13.1 Å². The van der Waals surface area contributed by atoms with Crippen LogP contribution in [0.2, 0.25) is 0 Å². The van der Waals surface area contributed by atoms with Gasteiger partial charge in [0.1, 0.15) is 0 Å². The molecule has 9 heteroatoms. The highest BCUT2D eigenvalue weighted by molar-refractivity contribution is 7.89. The first kappa shape index (κ1) is 20.6. The van der Waals surface area contributed by atoms with Crippen molar-refractivity contribution in [1.29, 1.82) is 0 Å². The van der Waals surface area contributed by atoms with E-state index in [2.05, 4.69) is 4.72 Å². The van der Waals surface area contributed by atoms with E-state index in [-0.39, 0.29) is 42.6 Å². The number of hydrogen-bond acceptors (Lipinski definition) is 5. The van der Waals surface area contributed by atoms with Crippen LogP contribution in [0, 0.1) is 5.41 Å². The Bertz CT molecular complexity index is 432. The molecule has 0 aromatic heterocycles. The van der Waals surface area contributed by atoms with Gasteiger partial charge in [-0.2, -0.15) is 0 Å². The fourth-order valence-electron chi connectivity index (χ4n) is 2.07. The summed E-state index contributed by atoms with van der Waals surface area (Å²) in [6.07, 6.45) is 0.854. The molecule has 0 spiro atoms. The van der Waals surface area contributed by atoms with Crippen LogP contribution in [0.15, 0.2) is 0 Å². The van der Waals surface area contributed by atoms with Crippen LogP contribution in [-0.4, -0.2) is 64.4 Å². The molecule has 1 atom stereocenters. The third-order valence-electron chi connectivity index (χ3n) is 3.55. The van der Waals surface area contributed by atoms with Gasteiger partial charge in [-0.05, 0) is 25.3 Å². The predicted molar refractivity (Wildman–Crippen MR) is 83.9 cm³/mol. The number of rotatable bonds is 8. The van der Waals surface area contributed by atoms with Crippen LogP contribution < -0.4 is 10.5 Å². The zero-order chi connectivity index (χ0) is 15.2. The first-order valence-electron chi connectivity index (χ1n) is 6.85. The number of nitrogens with zero attached hydrogens (tertiary/aromatic N) is 1. The molecular weight excluding hydrogens is 318 g/mol. The van der Waals surface area contributed by atoms with Crippen LogP contribution in [0.4, 0.5) is 0 Å². The number of sulfonamides is 1. The first-order valence-corrected chi connectivity index (χ1v) is 8.50. The van der Waals surface area contributed by atoms with Crippen LogP contribution >= 0.6 is 12.4 Å². The number of amides is 1. The number of ether oxygens (including phenoxy) is 1. The Labute approximate surface area is 133 Å². The normalized spacial score (nSPS) is 22.1. The lowest BCUT2D eigenvalue weighted by atomic mass is 9.90. The Hall–Kier alpha value is -0.410. The molecule has 1 aliphatic rings. The average Bonchev–Trinajstić information content (AvgIpc) is 2.80. The molecule has 1 aliphatic heterocycles.